The van der Waals surface area contributed by atoms with Crippen molar-refractivity contribution >= 4 is 17.8 Å². The van der Waals surface area contributed by atoms with Gasteiger partial charge in [0.2, 0.25) is 6.41 Å². The normalized spacial score (nSPS) is 10.5. The van der Waals surface area contributed by atoms with E-state index < -0.39 is 0 Å². The number of phenolic OH excluding ortho intramolecular Hbond substituents is 1. The van der Waals surface area contributed by atoms with Gasteiger partial charge in [0, 0.05) is 6.54 Å². The Bertz CT molecular complexity index is 1010. The summed E-state index contributed by atoms with van der Waals surface area (Å²) >= 11 is 0. The van der Waals surface area contributed by atoms with Crippen molar-refractivity contribution in [3.63, 3.8) is 0 Å². The number of anilines is 2. The van der Waals surface area contributed by atoms with Gasteiger partial charge in [-0.3, -0.25) is 9.80 Å². The number of rotatable bonds is 11. The summed E-state index contributed by atoms with van der Waals surface area (Å²) in [5.74, 6) is 0.199. The van der Waals surface area contributed by atoms with E-state index in [4.69, 9.17) is 0 Å². The third kappa shape index (κ3) is 5.60. The molecular weight excluding hydrogens is 392 g/mol. The number of benzene rings is 2. The molecule has 8 nitrogen and oxygen atoms in total. The molecule has 0 aliphatic carbocycles. The van der Waals surface area contributed by atoms with Gasteiger partial charge in [-0.05, 0) is 42.3 Å². The first-order valence-electron chi connectivity index (χ1n) is 10.3. The molecule has 0 aliphatic rings. The number of unbranched alkanes of at least 4 members (excludes halogenated alkanes) is 3. The highest BCUT2D eigenvalue weighted by Gasteiger charge is 2.16. The lowest BCUT2D eigenvalue weighted by Crippen LogP contribution is -2.29. The predicted octanol–water partition coefficient (Wildman–Crippen LogP) is 3.87. The number of amides is 1. The van der Waals surface area contributed by atoms with Crippen LogP contribution in [0, 0.1) is 11.3 Å². The van der Waals surface area contributed by atoms with Crippen molar-refractivity contribution in [2.75, 3.05) is 16.5 Å². The smallest absolute Gasteiger partial charge is 0.214 e. The van der Waals surface area contributed by atoms with Crippen molar-refractivity contribution in [3.05, 3.63) is 66.2 Å². The fraction of sp³-hybridized carbons (Fsp3) is 0.304. The molecule has 0 radical (unpaired) electrons. The van der Waals surface area contributed by atoms with E-state index in [-0.39, 0.29) is 5.75 Å². The molecular formula is C23H26N6O2. The lowest BCUT2D eigenvalue weighted by Gasteiger charge is -2.27. The minimum Gasteiger partial charge on any atom is -0.508 e. The van der Waals surface area contributed by atoms with E-state index in [1.54, 1.807) is 40.4 Å². The topological polar surface area (TPSA) is 98.3 Å². The molecule has 3 rings (SSSR count). The van der Waals surface area contributed by atoms with Crippen LogP contribution in [0.5, 0.6) is 5.75 Å². The predicted molar refractivity (Wildman–Crippen MR) is 118 cm³/mol. The zero-order valence-corrected chi connectivity index (χ0v) is 17.6. The van der Waals surface area contributed by atoms with Crippen LogP contribution < -0.4 is 9.91 Å². The maximum Gasteiger partial charge on any atom is 0.214 e. The fourth-order valence-electron chi connectivity index (χ4n) is 3.35. The summed E-state index contributed by atoms with van der Waals surface area (Å²) in [4.78, 5) is 13.4. The molecule has 1 aromatic heterocycles. The molecule has 0 atom stereocenters. The molecule has 1 N–H and O–H groups in total. The Morgan fingerprint density at radius 3 is 2.48 bits per heavy atom. The molecule has 0 saturated heterocycles. The molecule has 2 aromatic carbocycles. The van der Waals surface area contributed by atoms with Gasteiger partial charge in [-0.15, -0.1) is 10.2 Å². The highest BCUT2D eigenvalue weighted by Crippen LogP contribution is 2.28. The molecule has 8 heteroatoms. The van der Waals surface area contributed by atoms with Gasteiger partial charge in [0.15, 0.2) is 0 Å². The first-order valence-corrected chi connectivity index (χ1v) is 10.3. The maximum absolute atomic E-state index is 11.8. The summed E-state index contributed by atoms with van der Waals surface area (Å²) in [6.07, 6.45) is 8.10. The second kappa shape index (κ2) is 10.8. The number of phenols is 1. The number of nitriles is 1. The molecule has 1 heterocycles. The SMILES string of the molecule is CCCCCCN(C=O)c1cc(N(Cc2ccc(O)cc2)n2cnnc2)ccc1C#N. The first-order chi connectivity index (χ1) is 15.2. The number of hydrogen-bond acceptors (Lipinski definition) is 6. The number of aromatic hydroxyl groups is 1. The van der Waals surface area contributed by atoms with Crippen molar-refractivity contribution in [2.24, 2.45) is 0 Å². The minimum atomic E-state index is 0.199. The van der Waals surface area contributed by atoms with Crippen molar-refractivity contribution in [1.82, 2.24) is 14.9 Å². The lowest BCUT2D eigenvalue weighted by molar-refractivity contribution is -0.107. The average molecular weight is 419 g/mol. The van der Waals surface area contributed by atoms with E-state index in [0.717, 1.165) is 43.3 Å². The van der Waals surface area contributed by atoms with Crippen LogP contribution in [-0.4, -0.2) is 32.9 Å². The molecule has 31 heavy (non-hydrogen) atoms. The van der Waals surface area contributed by atoms with E-state index >= 15 is 0 Å². The molecule has 0 fully saturated rings. The van der Waals surface area contributed by atoms with Crippen molar-refractivity contribution in [1.29, 1.82) is 5.26 Å². The lowest BCUT2D eigenvalue weighted by atomic mass is 10.1. The highest BCUT2D eigenvalue weighted by molar-refractivity contribution is 5.81. The Kier molecular flexibility index (Phi) is 7.60. The third-order valence-electron chi connectivity index (χ3n) is 5.04. The van der Waals surface area contributed by atoms with Crippen molar-refractivity contribution in [3.8, 4) is 11.8 Å². The molecule has 0 bridgehead atoms. The average Bonchev–Trinajstić information content (AvgIpc) is 3.33. The second-order valence-electron chi connectivity index (χ2n) is 7.24. The van der Waals surface area contributed by atoms with Gasteiger partial charge in [-0.2, -0.15) is 5.26 Å². The monoisotopic (exact) mass is 418 g/mol. The van der Waals surface area contributed by atoms with Gasteiger partial charge in [-0.1, -0.05) is 38.3 Å². The van der Waals surface area contributed by atoms with Gasteiger partial charge in [0.25, 0.3) is 0 Å². The maximum atomic E-state index is 11.8. The van der Waals surface area contributed by atoms with Crippen molar-refractivity contribution < 1.29 is 9.90 Å². The van der Waals surface area contributed by atoms with Crippen LogP contribution in [-0.2, 0) is 11.3 Å². The Hall–Kier alpha value is -3.86. The number of aromatic nitrogens is 3. The standard InChI is InChI=1S/C23H26N6O2/c1-2-3-4-5-12-27(18-30)23-13-21(9-8-20(23)14-24)29(28-16-25-26-17-28)15-19-6-10-22(31)11-7-19/h6-11,13,16-18,31H,2-5,12,15H2,1H3. The summed E-state index contributed by atoms with van der Waals surface area (Å²) in [6.45, 7) is 3.18. The zero-order chi connectivity index (χ0) is 22.1. The Labute approximate surface area is 181 Å². The molecule has 160 valence electrons. The van der Waals surface area contributed by atoms with E-state index in [2.05, 4.69) is 23.2 Å². The Balaban J connectivity index is 1.93. The Morgan fingerprint density at radius 1 is 1.10 bits per heavy atom. The molecule has 0 spiro atoms. The summed E-state index contributed by atoms with van der Waals surface area (Å²) < 4.78 is 1.74. The number of carbonyl (C=O) groups is 1. The van der Waals surface area contributed by atoms with E-state index in [1.165, 1.54) is 0 Å². The van der Waals surface area contributed by atoms with Crippen LogP contribution in [0.25, 0.3) is 0 Å². The number of hydrogen-bond donors (Lipinski definition) is 1. The van der Waals surface area contributed by atoms with Gasteiger partial charge in [-0.25, -0.2) is 4.68 Å². The van der Waals surface area contributed by atoms with Gasteiger partial charge >= 0.3 is 0 Å². The van der Waals surface area contributed by atoms with E-state index in [0.29, 0.717) is 24.3 Å². The van der Waals surface area contributed by atoms with Gasteiger partial charge in [0.05, 0.1) is 23.5 Å². The zero-order valence-electron chi connectivity index (χ0n) is 17.6. The number of nitrogens with zero attached hydrogens (tertiary/aromatic N) is 6. The Morgan fingerprint density at radius 2 is 1.84 bits per heavy atom. The summed E-state index contributed by atoms with van der Waals surface area (Å²) in [5.41, 5.74) is 2.77. The quantitative estimate of drug-likeness (QED) is 0.375. The van der Waals surface area contributed by atoms with E-state index in [1.807, 2.05) is 29.3 Å². The number of carbonyl (C=O) groups excluding carboxylic acids is 1. The van der Waals surface area contributed by atoms with Crippen LogP contribution in [0.4, 0.5) is 11.4 Å². The van der Waals surface area contributed by atoms with Crippen LogP contribution in [0.3, 0.4) is 0 Å². The van der Waals surface area contributed by atoms with Crippen LogP contribution in [0.15, 0.2) is 55.1 Å². The van der Waals surface area contributed by atoms with Gasteiger partial charge < -0.3 is 10.0 Å². The summed E-state index contributed by atoms with van der Waals surface area (Å²) in [6, 6.07) is 14.5. The molecule has 0 unspecified atom stereocenters. The highest BCUT2D eigenvalue weighted by atomic mass is 16.3. The van der Waals surface area contributed by atoms with Crippen LogP contribution in [0.2, 0.25) is 0 Å². The molecule has 1 amide bonds. The second-order valence-corrected chi connectivity index (χ2v) is 7.24. The third-order valence-corrected chi connectivity index (χ3v) is 5.04. The van der Waals surface area contributed by atoms with E-state index in [9.17, 15) is 15.2 Å². The van der Waals surface area contributed by atoms with Crippen LogP contribution >= 0.6 is 0 Å². The molecule has 0 saturated carbocycles. The molecule has 0 aliphatic heterocycles. The molecule has 3 aromatic rings. The summed E-state index contributed by atoms with van der Waals surface area (Å²) in [7, 11) is 0. The first kappa shape index (κ1) is 21.8. The summed E-state index contributed by atoms with van der Waals surface area (Å²) in [5, 5.41) is 28.9. The largest absolute Gasteiger partial charge is 0.508 e. The van der Waals surface area contributed by atoms with Gasteiger partial charge in [0.1, 0.15) is 24.5 Å². The minimum absolute atomic E-state index is 0.199. The fourth-order valence-corrected chi connectivity index (χ4v) is 3.35. The van der Waals surface area contributed by atoms with Crippen molar-refractivity contribution in [2.45, 2.75) is 39.2 Å². The van der Waals surface area contributed by atoms with Crippen LogP contribution in [0.1, 0.15) is 43.7 Å².